The highest BCUT2D eigenvalue weighted by atomic mass is 16.6. The van der Waals surface area contributed by atoms with Crippen LogP contribution in [0.25, 0.3) is 11.3 Å². The first-order valence-electron chi connectivity index (χ1n) is 8.97. The molecular weight excluding hydrogens is 374 g/mol. The van der Waals surface area contributed by atoms with Crippen molar-refractivity contribution in [3.8, 4) is 17.1 Å². The Bertz CT molecular complexity index is 1020. The Labute approximate surface area is 167 Å². The van der Waals surface area contributed by atoms with Gasteiger partial charge in [-0.1, -0.05) is 19.1 Å². The fourth-order valence-corrected chi connectivity index (χ4v) is 2.49. The quantitative estimate of drug-likeness (QED) is 0.347. The van der Waals surface area contributed by atoms with Crippen LogP contribution in [-0.4, -0.2) is 23.7 Å². The molecule has 1 aromatic heterocycles. The summed E-state index contributed by atoms with van der Waals surface area (Å²) >= 11 is 0. The number of ether oxygens (including phenoxy) is 1. The van der Waals surface area contributed by atoms with E-state index in [1.807, 2.05) is 6.92 Å². The van der Waals surface area contributed by atoms with Gasteiger partial charge in [-0.05, 0) is 42.8 Å². The number of carbonyl (C=O) groups excluding carboxylic acids is 1. The number of hydrogen-bond donors (Lipinski definition) is 1. The van der Waals surface area contributed by atoms with Crippen molar-refractivity contribution in [2.45, 2.75) is 13.3 Å². The molecule has 148 valence electrons. The third-order valence-electron chi connectivity index (χ3n) is 3.92. The van der Waals surface area contributed by atoms with Crippen LogP contribution in [0.2, 0.25) is 0 Å². The first-order valence-corrected chi connectivity index (χ1v) is 8.97. The van der Waals surface area contributed by atoms with Crippen molar-refractivity contribution >= 4 is 17.8 Å². The second-order valence-corrected chi connectivity index (χ2v) is 6.08. The van der Waals surface area contributed by atoms with Gasteiger partial charge in [0.1, 0.15) is 17.3 Å². The third kappa shape index (κ3) is 5.29. The molecule has 1 heterocycles. The molecule has 0 aliphatic carbocycles. The van der Waals surface area contributed by atoms with Gasteiger partial charge in [-0.15, -0.1) is 0 Å². The molecular formula is C21H19N3O5. The SMILES string of the molecule is CCCOc1ccc(C(=O)N/N=C/c2ccc(-c3cccc([N+](=O)[O-])c3)o2)cc1. The van der Waals surface area contributed by atoms with Crippen LogP contribution in [0.3, 0.4) is 0 Å². The zero-order valence-electron chi connectivity index (χ0n) is 15.7. The van der Waals surface area contributed by atoms with Crippen LogP contribution in [0.1, 0.15) is 29.5 Å². The maximum Gasteiger partial charge on any atom is 0.271 e. The predicted molar refractivity (Wildman–Crippen MR) is 108 cm³/mol. The third-order valence-corrected chi connectivity index (χ3v) is 3.92. The Balaban J connectivity index is 1.60. The van der Waals surface area contributed by atoms with E-state index < -0.39 is 4.92 Å². The van der Waals surface area contributed by atoms with Crippen molar-refractivity contribution in [3.05, 3.63) is 82.1 Å². The molecule has 8 nitrogen and oxygen atoms in total. The number of nitrogens with zero attached hydrogens (tertiary/aromatic N) is 2. The number of hydrazone groups is 1. The number of benzene rings is 2. The fraction of sp³-hybridized carbons (Fsp3) is 0.143. The number of nitro benzene ring substituents is 1. The van der Waals surface area contributed by atoms with Crippen molar-refractivity contribution in [2.75, 3.05) is 6.61 Å². The number of nitro groups is 1. The predicted octanol–water partition coefficient (Wildman–Crippen LogP) is 4.41. The molecule has 0 saturated carbocycles. The van der Waals surface area contributed by atoms with Crippen molar-refractivity contribution in [1.82, 2.24) is 5.43 Å². The molecule has 0 atom stereocenters. The van der Waals surface area contributed by atoms with Gasteiger partial charge < -0.3 is 9.15 Å². The Morgan fingerprint density at radius 1 is 1.21 bits per heavy atom. The Hall–Kier alpha value is -3.94. The van der Waals surface area contributed by atoms with E-state index in [9.17, 15) is 14.9 Å². The lowest BCUT2D eigenvalue weighted by Gasteiger charge is -2.05. The molecule has 8 heteroatoms. The average molecular weight is 393 g/mol. The minimum Gasteiger partial charge on any atom is -0.494 e. The van der Waals surface area contributed by atoms with Gasteiger partial charge in [-0.2, -0.15) is 5.10 Å². The largest absolute Gasteiger partial charge is 0.494 e. The fourth-order valence-electron chi connectivity index (χ4n) is 2.49. The molecule has 0 aliphatic rings. The number of non-ortho nitro benzene ring substituents is 1. The monoisotopic (exact) mass is 393 g/mol. The van der Waals surface area contributed by atoms with Crippen LogP contribution >= 0.6 is 0 Å². The summed E-state index contributed by atoms with van der Waals surface area (Å²) in [5.74, 6) is 1.20. The zero-order chi connectivity index (χ0) is 20.6. The zero-order valence-corrected chi connectivity index (χ0v) is 15.7. The molecule has 3 rings (SSSR count). The molecule has 0 saturated heterocycles. The minimum absolute atomic E-state index is 0.0208. The second kappa shape index (κ2) is 9.32. The number of carbonyl (C=O) groups is 1. The lowest BCUT2D eigenvalue weighted by Crippen LogP contribution is -2.17. The number of rotatable bonds is 8. The Kier molecular flexibility index (Phi) is 6.36. The summed E-state index contributed by atoms with van der Waals surface area (Å²) in [4.78, 5) is 22.5. The van der Waals surface area contributed by atoms with Gasteiger partial charge in [-0.25, -0.2) is 5.43 Å². The maximum absolute atomic E-state index is 12.1. The van der Waals surface area contributed by atoms with E-state index in [0.29, 0.717) is 35.0 Å². The lowest BCUT2D eigenvalue weighted by atomic mass is 10.1. The van der Waals surface area contributed by atoms with E-state index >= 15 is 0 Å². The summed E-state index contributed by atoms with van der Waals surface area (Å²) in [6.45, 7) is 2.64. The van der Waals surface area contributed by atoms with Gasteiger partial charge in [0, 0.05) is 23.3 Å². The molecule has 0 bridgehead atoms. The molecule has 0 aliphatic heterocycles. The summed E-state index contributed by atoms with van der Waals surface area (Å²) in [5, 5.41) is 14.8. The van der Waals surface area contributed by atoms with Crippen molar-refractivity contribution in [3.63, 3.8) is 0 Å². The average Bonchev–Trinajstić information content (AvgIpc) is 3.21. The second-order valence-electron chi connectivity index (χ2n) is 6.08. The summed E-state index contributed by atoms with van der Waals surface area (Å²) in [6, 6.07) is 16.2. The molecule has 0 unspecified atom stereocenters. The number of hydrogen-bond acceptors (Lipinski definition) is 6. The molecule has 2 aromatic carbocycles. The van der Waals surface area contributed by atoms with Crippen LogP contribution < -0.4 is 10.2 Å². The van der Waals surface area contributed by atoms with Gasteiger partial charge in [-0.3, -0.25) is 14.9 Å². The number of amides is 1. The van der Waals surface area contributed by atoms with Crippen LogP contribution in [-0.2, 0) is 0 Å². The van der Waals surface area contributed by atoms with Crippen molar-refractivity contribution in [1.29, 1.82) is 0 Å². The topological polar surface area (TPSA) is 107 Å². The summed E-state index contributed by atoms with van der Waals surface area (Å²) < 4.78 is 11.1. The first-order chi connectivity index (χ1) is 14.1. The molecule has 1 N–H and O–H groups in total. The van der Waals surface area contributed by atoms with E-state index in [2.05, 4.69) is 10.5 Å². The van der Waals surface area contributed by atoms with Crippen LogP contribution in [0.15, 0.2) is 70.2 Å². The minimum atomic E-state index is -0.465. The molecule has 1 amide bonds. The molecule has 0 spiro atoms. The standard InChI is InChI=1S/C21H19N3O5/c1-2-12-28-18-8-6-15(7-9-18)21(25)23-22-14-19-10-11-20(29-19)16-4-3-5-17(13-16)24(26)27/h3-11,13-14H,2,12H2,1H3,(H,23,25)/b22-14+. The van der Waals surface area contributed by atoms with E-state index in [4.69, 9.17) is 9.15 Å². The van der Waals surface area contributed by atoms with Crippen molar-refractivity contribution < 1.29 is 18.9 Å². The van der Waals surface area contributed by atoms with E-state index in [-0.39, 0.29) is 11.6 Å². The summed E-state index contributed by atoms with van der Waals surface area (Å²) in [7, 11) is 0. The normalized spacial score (nSPS) is 10.8. The Morgan fingerprint density at radius 2 is 2.00 bits per heavy atom. The van der Waals surface area contributed by atoms with Crippen LogP contribution in [0.5, 0.6) is 5.75 Å². The Morgan fingerprint density at radius 3 is 2.72 bits per heavy atom. The van der Waals surface area contributed by atoms with E-state index in [0.717, 1.165) is 6.42 Å². The smallest absolute Gasteiger partial charge is 0.271 e. The van der Waals surface area contributed by atoms with Gasteiger partial charge >= 0.3 is 0 Å². The molecule has 0 radical (unpaired) electrons. The first kappa shape index (κ1) is 19.8. The molecule has 3 aromatic rings. The number of furan rings is 1. The van der Waals surface area contributed by atoms with Gasteiger partial charge in [0.25, 0.3) is 11.6 Å². The number of nitrogens with one attached hydrogen (secondary N) is 1. The summed E-state index contributed by atoms with van der Waals surface area (Å²) in [5.41, 5.74) is 3.43. The lowest BCUT2D eigenvalue weighted by molar-refractivity contribution is -0.384. The molecule has 0 fully saturated rings. The van der Waals surface area contributed by atoms with Gasteiger partial charge in [0.05, 0.1) is 17.7 Å². The van der Waals surface area contributed by atoms with E-state index in [1.165, 1.54) is 18.3 Å². The van der Waals surface area contributed by atoms with Crippen LogP contribution in [0, 0.1) is 10.1 Å². The van der Waals surface area contributed by atoms with Crippen LogP contribution in [0.4, 0.5) is 5.69 Å². The van der Waals surface area contributed by atoms with Crippen molar-refractivity contribution in [2.24, 2.45) is 5.10 Å². The maximum atomic E-state index is 12.1. The highest BCUT2D eigenvalue weighted by molar-refractivity contribution is 5.94. The highest BCUT2D eigenvalue weighted by Crippen LogP contribution is 2.25. The van der Waals surface area contributed by atoms with E-state index in [1.54, 1.807) is 48.5 Å². The van der Waals surface area contributed by atoms with Gasteiger partial charge in [0.2, 0.25) is 0 Å². The highest BCUT2D eigenvalue weighted by Gasteiger charge is 2.10. The summed E-state index contributed by atoms with van der Waals surface area (Å²) in [6.07, 6.45) is 2.27. The van der Waals surface area contributed by atoms with Gasteiger partial charge in [0.15, 0.2) is 0 Å². The molecule has 29 heavy (non-hydrogen) atoms.